The summed E-state index contributed by atoms with van der Waals surface area (Å²) in [5.74, 6) is -1.18. The van der Waals surface area contributed by atoms with Crippen molar-refractivity contribution in [3.05, 3.63) is 0 Å². The second-order valence-corrected chi connectivity index (χ2v) is 4.49. The van der Waals surface area contributed by atoms with Crippen molar-refractivity contribution in [2.24, 2.45) is 11.8 Å². The van der Waals surface area contributed by atoms with Crippen molar-refractivity contribution in [3.8, 4) is 0 Å². The molecule has 5 nitrogen and oxygen atoms in total. The van der Waals surface area contributed by atoms with Crippen LogP contribution in [-0.4, -0.2) is 36.6 Å². The Kier molecular flexibility index (Phi) is 6.72. The van der Waals surface area contributed by atoms with Gasteiger partial charge in [-0.1, -0.05) is 20.8 Å². The molecule has 1 amide bonds. The number of rotatable bonds is 7. The van der Waals surface area contributed by atoms with Gasteiger partial charge in [-0.25, -0.2) is 4.79 Å². The lowest BCUT2D eigenvalue weighted by Crippen LogP contribution is -2.45. The van der Waals surface area contributed by atoms with Crippen molar-refractivity contribution >= 4 is 11.9 Å². The minimum Gasteiger partial charge on any atom is -0.480 e. The normalized spacial score (nSPS) is 14.6. The smallest absolute Gasteiger partial charge is 0.326 e. The van der Waals surface area contributed by atoms with Gasteiger partial charge in [0, 0.05) is 12.5 Å². The van der Waals surface area contributed by atoms with Crippen LogP contribution >= 0.6 is 0 Å². The van der Waals surface area contributed by atoms with Gasteiger partial charge in [-0.15, -0.1) is 0 Å². The van der Waals surface area contributed by atoms with Crippen LogP contribution in [0.5, 0.6) is 0 Å². The van der Waals surface area contributed by atoms with E-state index in [4.69, 9.17) is 5.11 Å². The van der Waals surface area contributed by atoms with Gasteiger partial charge in [0.05, 0.1) is 0 Å². The summed E-state index contributed by atoms with van der Waals surface area (Å²) in [5.41, 5.74) is 0. The predicted molar refractivity (Wildman–Crippen MR) is 62.1 cm³/mol. The first-order valence-electron chi connectivity index (χ1n) is 5.56. The van der Waals surface area contributed by atoms with Crippen LogP contribution in [0.4, 0.5) is 0 Å². The zero-order valence-corrected chi connectivity index (χ0v) is 10.4. The van der Waals surface area contributed by atoms with Gasteiger partial charge in [0.1, 0.15) is 6.04 Å². The van der Waals surface area contributed by atoms with Crippen molar-refractivity contribution in [1.29, 1.82) is 0 Å². The molecule has 2 atom stereocenters. The molecular formula is C11H22N2O3. The molecule has 16 heavy (non-hydrogen) atoms. The van der Waals surface area contributed by atoms with E-state index < -0.39 is 12.0 Å². The SMILES string of the molecule is CNCC(C)C(=O)NC(CC(C)C)C(=O)O. The lowest BCUT2D eigenvalue weighted by atomic mass is 10.0. The highest BCUT2D eigenvalue weighted by Gasteiger charge is 2.23. The van der Waals surface area contributed by atoms with E-state index in [1.807, 2.05) is 13.8 Å². The number of aliphatic carboxylic acids is 1. The monoisotopic (exact) mass is 230 g/mol. The predicted octanol–water partition coefficient (Wildman–Crippen LogP) is 0.457. The summed E-state index contributed by atoms with van der Waals surface area (Å²) in [5, 5.41) is 14.4. The fourth-order valence-electron chi connectivity index (χ4n) is 1.41. The van der Waals surface area contributed by atoms with Gasteiger partial charge in [0.25, 0.3) is 0 Å². The second kappa shape index (κ2) is 7.22. The molecule has 5 heteroatoms. The minimum atomic E-state index is -0.973. The standard InChI is InChI=1S/C11H22N2O3/c1-7(2)5-9(11(15)16)13-10(14)8(3)6-12-4/h7-9,12H,5-6H2,1-4H3,(H,13,14)(H,15,16). The first kappa shape index (κ1) is 14.9. The van der Waals surface area contributed by atoms with Gasteiger partial charge >= 0.3 is 5.97 Å². The molecule has 0 spiro atoms. The first-order chi connectivity index (χ1) is 7.38. The summed E-state index contributed by atoms with van der Waals surface area (Å²) in [7, 11) is 1.76. The number of carbonyl (C=O) groups is 2. The van der Waals surface area contributed by atoms with E-state index in [9.17, 15) is 9.59 Å². The third-order valence-electron chi connectivity index (χ3n) is 2.28. The molecular weight excluding hydrogens is 208 g/mol. The number of carbonyl (C=O) groups excluding carboxylic acids is 1. The van der Waals surface area contributed by atoms with Gasteiger partial charge in [0.2, 0.25) is 5.91 Å². The molecule has 0 saturated heterocycles. The Morgan fingerprint density at radius 2 is 1.81 bits per heavy atom. The Morgan fingerprint density at radius 3 is 2.19 bits per heavy atom. The van der Waals surface area contributed by atoms with Crippen LogP contribution in [0.15, 0.2) is 0 Å². The zero-order valence-electron chi connectivity index (χ0n) is 10.4. The highest BCUT2D eigenvalue weighted by atomic mass is 16.4. The molecule has 0 rings (SSSR count). The number of nitrogens with one attached hydrogen (secondary N) is 2. The van der Waals surface area contributed by atoms with E-state index in [1.54, 1.807) is 14.0 Å². The molecule has 0 aromatic rings. The molecule has 0 aromatic carbocycles. The summed E-state index contributed by atoms with van der Waals surface area (Å²) in [6, 6.07) is -0.785. The average molecular weight is 230 g/mol. The zero-order chi connectivity index (χ0) is 12.7. The van der Waals surface area contributed by atoms with Crippen LogP contribution in [-0.2, 0) is 9.59 Å². The van der Waals surface area contributed by atoms with E-state index in [-0.39, 0.29) is 17.7 Å². The van der Waals surface area contributed by atoms with Crippen LogP contribution in [0.25, 0.3) is 0 Å². The van der Waals surface area contributed by atoms with Crippen molar-refractivity contribution in [3.63, 3.8) is 0 Å². The Labute approximate surface area is 96.6 Å². The van der Waals surface area contributed by atoms with Gasteiger partial charge < -0.3 is 15.7 Å². The molecule has 0 radical (unpaired) electrons. The summed E-state index contributed by atoms with van der Waals surface area (Å²) < 4.78 is 0. The van der Waals surface area contributed by atoms with Crippen molar-refractivity contribution < 1.29 is 14.7 Å². The fraction of sp³-hybridized carbons (Fsp3) is 0.818. The topological polar surface area (TPSA) is 78.4 Å². The van der Waals surface area contributed by atoms with E-state index >= 15 is 0 Å². The highest BCUT2D eigenvalue weighted by Crippen LogP contribution is 2.06. The minimum absolute atomic E-state index is 0.220. The third kappa shape index (κ3) is 5.70. The van der Waals surface area contributed by atoms with Gasteiger partial charge in [0.15, 0.2) is 0 Å². The Balaban J connectivity index is 4.28. The number of hydrogen-bond acceptors (Lipinski definition) is 3. The quantitative estimate of drug-likeness (QED) is 0.593. The van der Waals surface area contributed by atoms with E-state index in [0.29, 0.717) is 13.0 Å². The summed E-state index contributed by atoms with van der Waals surface area (Å²) >= 11 is 0. The largest absolute Gasteiger partial charge is 0.480 e. The Hall–Kier alpha value is -1.10. The van der Waals surface area contributed by atoms with Crippen LogP contribution in [0.3, 0.4) is 0 Å². The maximum Gasteiger partial charge on any atom is 0.326 e. The molecule has 3 N–H and O–H groups in total. The van der Waals surface area contributed by atoms with E-state index in [1.165, 1.54) is 0 Å². The number of carboxylic acids is 1. The number of carboxylic acid groups (broad SMARTS) is 1. The van der Waals surface area contributed by atoms with Crippen molar-refractivity contribution in [2.45, 2.75) is 33.2 Å². The van der Waals surface area contributed by atoms with Gasteiger partial charge in [-0.3, -0.25) is 4.79 Å². The molecule has 94 valence electrons. The molecule has 0 aromatic heterocycles. The molecule has 0 aliphatic heterocycles. The van der Waals surface area contributed by atoms with Crippen LogP contribution in [0.2, 0.25) is 0 Å². The second-order valence-electron chi connectivity index (χ2n) is 4.49. The number of hydrogen-bond donors (Lipinski definition) is 3. The Morgan fingerprint density at radius 1 is 1.25 bits per heavy atom. The maximum absolute atomic E-state index is 11.6. The molecule has 0 aliphatic carbocycles. The van der Waals surface area contributed by atoms with Crippen molar-refractivity contribution in [1.82, 2.24) is 10.6 Å². The Bertz CT molecular complexity index is 241. The first-order valence-corrected chi connectivity index (χ1v) is 5.56. The molecule has 2 unspecified atom stereocenters. The highest BCUT2D eigenvalue weighted by molar-refractivity contribution is 5.84. The summed E-state index contributed by atoms with van der Waals surface area (Å²) in [4.78, 5) is 22.5. The molecule has 0 saturated carbocycles. The van der Waals surface area contributed by atoms with Crippen LogP contribution < -0.4 is 10.6 Å². The van der Waals surface area contributed by atoms with Gasteiger partial charge in [-0.05, 0) is 19.4 Å². The van der Waals surface area contributed by atoms with Crippen LogP contribution in [0.1, 0.15) is 27.2 Å². The maximum atomic E-state index is 11.6. The number of amides is 1. The molecule has 0 bridgehead atoms. The fourth-order valence-corrected chi connectivity index (χ4v) is 1.41. The molecule has 0 aliphatic rings. The molecule has 0 heterocycles. The van der Waals surface area contributed by atoms with Crippen molar-refractivity contribution in [2.75, 3.05) is 13.6 Å². The average Bonchev–Trinajstić information content (AvgIpc) is 2.16. The van der Waals surface area contributed by atoms with Crippen LogP contribution in [0, 0.1) is 11.8 Å². The van der Waals surface area contributed by atoms with Gasteiger partial charge in [-0.2, -0.15) is 0 Å². The van der Waals surface area contributed by atoms with E-state index in [2.05, 4.69) is 10.6 Å². The summed E-state index contributed by atoms with van der Waals surface area (Å²) in [6.45, 7) is 6.16. The lowest BCUT2D eigenvalue weighted by Gasteiger charge is -2.19. The molecule has 0 fully saturated rings. The summed E-state index contributed by atoms with van der Waals surface area (Å²) in [6.07, 6.45) is 0.452. The third-order valence-corrected chi connectivity index (χ3v) is 2.28. The lowest BCUT2D eigenvalue weighted by molar-refractivity contribution is -0.142. The van der Waals surface area contributed by atoms with E-state index in [0.717, 1.165) is 0 Å².